The summed E-state index contributed by atoms with van der Waals surface area (Å²) in [6.07, 6.45) is 3.90. The lowest BCUT2D eigenvalue weighted by Gasteiger charge is -2.30. The molecule has 136 valence electrons. The molecule has 1 N–H and O–H groups in total. The van der Waals surface area contributed by atoms with E-state index in [0.717, 1.165) is 51.3 Å². The molecule has 0 amide bonds. The molecule has 0 aromatic carbocycles. The fraction of sp³-hybridized carbons (Fsp3) is 0.941. The van der Waals surface area contributed by atoms with Crippen LogP contribution in [0, 0.1) is 11.8 Å². The van der Waals surface area contributed by atoms with E-state index in [0.29, 0.717) is 5.92 Å². The predicted molar refractivity (Wildman–Crippen MR) is 108 cm³/mol. The molecule has 2 heterocycles. The maximum atomic E-state index is 5.47. The largest absolute Gasteiger partial charge is 0.381 e. The summed E-state index contributed by atoms with van der Waals surface area (Å²) in [7, 11) is 2.14. The second-order valence-electron chi connectivity index (χ2n) is 6.89. The van der Waals surface area contributed by atoms with Crippen molar-refractivity contribution in [3.05, 3.63) is 0 Å². The van der Waals surface area contributed by atoms with Crippen molar-refractivity contribution in [3.63, 3.8) is 0 Å². The molecule has 0 radical (unpaired) electrons. The van der Waals surface area contributed by atoms with E-state index in [-0.39, 0.29) is 24.0 Å². The first-order chi connectivity index (χ1) is 10.7. The molecular formula is C17H35IN4O. The average molecular weight is 438 g/mol. The molecule has 23 heavy (non-hydrogen) atoms. The van der Waals surface area contributed by atoms with Crippen LogP contribution in [-0.4, -0.2) is 75.3 Å². The topological polar surface area (TPSA) is 40.1 Å². The van der Waals surface area contributed by atoms with Gasteiger partial charge in [0.1, 0.15) is 0 Å². The Morgan fingerprint density at radius 1 is 1.39 bits per heavy atom. The Morgan fingerprint density at radius 2 is 2.22 bits per heavy atom. The molecule has 0 aromatic rings. The number of hydrogen-bond donors (Lipinski definition) is 1. The molecule has 2 saturated heterocycles. The summed E-state index contributed by atoms with van der Waals surface area (Å²) in [5.41, 5.74) is 0. The van der Waals surface area contributed by atoms with Crippen LogP contribution in [0.15, 0.2) is 4.99 Å². The number of ether oxygens (including phenoxy) is 1. The molecule has 0 saturated carbocycles. The van der Waals surface area contributed by atoms with Crippen LogP contribution in [0.2, 0.25) is 0 Å². The number of halogens is 1. The SMILES string of the molecule is CCNC(=NCCN1CCCC(C)C1)N(C)CC1CCOC1.I. The van der Waals surface area contributed by atoms with Crippen LogP contribution >= 0.6 is 24.0 Å². The third-order valence-electron chi connectivity index (χ3n) is 4.67. The van der Waals surface area contributed by atoms with Gasteiger partial charge in [-0.25, -0.2) is 0 Å². The second kappa shape index (κ2) is 11.5. The molecule has 2 fully saturated rings. The molecule has 0 aliphatic carbocycles. The monoisotopic (exact) mass is 438 g/mol. The first kappa shape index (κ1) is 21.0. The Balaban J connectivity index is 0.00000264. The van der Waals surface area contributed by atoms with Gasteiger partial charge in [0.2, 0.25) is 0 Å². The van der Waals surface area contributed by atoms with Gasteiger partial charge in [0, 0.05) is 45.8 Å². The summed E-state index contributed by atoms with van der Waals surface area (Å²) in [6.45, 7) is 12.7. The van der Waals surface area contributed by atoms with Gasteiger partial charge in [-0.2, -0.15) is 0 Å². The highest BCUT2D eigenvalue weighted by molar-refractivity contribution is 14.0. The van der Waals surface area contributed by atoms with E-state index in [2.05, 4.69) is 36.0 Å². The van der Waals surface area contributed by atoms with Crippen LogP contribution in [0.1, 0.15) is 33.1 Å². The smallest absolute Gasteiger partial charge is 0.193 e. The molecular weight excluding hydrogens is 403 g/mol. The lowest BCUT2D eigenvalue weighted by Crippen LogP contribution is -2.42. The van der Waals surface area contributed by atoms with E-state index in [1.165, 1.54) is 32.4 Å². The van der Waals surface area contributed by atoms with Gasteiger partial charge < -0.3 is 19.9 Å². The van der Waals surface area contributed by atoms with Crippen molar-refractivity contribution in [2.45, 2.75) is 33.1 Å². The van der Waals surface area contributed by atoms with Crippen LogP contribution < -0.4 is 5.32 Å². The van der Waals surface area contributed by atoms with Crippen LogP contribution in [0.25, 0.3) is 0 Å². The fourth-order valence-electron chi connectivity index (χ4n) is 3.46. The normalized spacial score (nSPS) is 26.0. The number of piperidine rings is 1. The number of hydrogen-bond acceptors (Lipinski definition) is 3. The fourth-order valence-corrected chi connectivity index (χ4v) is 3.46. The van der Waals surface area contributed by atoms with Crippen molar-refractivity contribution in [2.75, 3.05) is 59.5 Å². The van der Waals surface area contributed by atoms with Crippen LogP contribution in [-0.2, 0) is 4.74 Å². The van der Waals surface area contributed by atoms with Gasteiger partial charge in [0.15, 0.2) is 5.96 Å². The highest BCUT2D eigenvalue weighted by atomic mass is 127. The third kappa shape index (κ3) is 7.56. The molecule has 0 bridgehead atoms. The Morgan fingerprint density at radius 3 is 2.87 bits per heavy atom. The number of nitrogens with zero attached hydrogens (tertiary/aromatic N) is 3. The average Bonchev–Trinajstić information content (AvgIpc) is 2.99. The minimum absolute atomic E-state index is 0. The Labute approximate surface area is 159 Å². The first-order valence-corrected chi connectivity index (χ1v) is 8.98. The molecule has 2 unspecified atom stereocenters. The van der Waals surface area contributed by atoms with Crippen molar-refractivity contribution >= 4 is 29.9 Å². The second-order valence-corrected chi connectivity index (χ2v) is 6.89. The summed E-state index contributed by atoms with van der Waals surface area (Å²) in [6, 6.07) is 0. The summed E-state index contributed by atoms with van der Waals surface area (Å²) in [4.78, 5) is 9.65. The first-order valence-electron chi connectivity index (χ1n) is 8.98. The van der Waals surface area contributed by atoms with Crippen LogP contribution in [0.4, 0.5) is 0 Å². The van der Waals surface area contributed by atoms with E-state index in [4.69, 9.17) is 9.73 Å². The molecule has 2 aliphatic heterocycles. The summed E-state index contributed by atoms with van der Waals surface area (Å²) in [5.74, 6) is 2.53. The van der Waals surface area contributed by atoms with E-state index < -0.39 is 0 Å². The molecule has 2 atom stereocenters. The highest BCUT2D eigenvalue weighted by Crippen LogP contribution is 2.15. The molecule has 6 heteroatoms. The molecule has 5 nitrogen and oxygen atoms in total. The predicted octanol–water partition coefficient (Wildman–Crippen LogP) is 2.27. The quantitative estimate of drug-likeness (QED) is 0.393. The zero-order valence-electron chi connectivity index (χ0n) is 15.1. The zero-order valence-corrected chi connectivity index (χ0v) is 17.4. The molecule has 2 aliphatic rings. The van der Waals surface area contributed by atoms with Crippen molar-refractivity contribution in [3.8, 4) is 0 Å². The molecule has 0 spiro atoms. The van der Waals surface area contributed by atoms with Gasteiger partial charge in [-0.05, 0) is 38.6 Å². The van der Waals surface area contributed by atoms with Gasteiger partial charge in [0.05, 0.1) is 13.2 Å². The highest BCUT2D eigenvalue weighted by Gasteiger charge is 2.19. The van der Waals surface area contributed by atoms with Crippen molar-refractivity contribution < 1.29 is 4.74 Å². The third-order valence-corrected chi connectivity index (χ3v) is 4.67. The summed E-state index contributed by atoms with van der Waals surface area (Å²) >= 11 is 0. The van der Waals surface area contributed by atoms with Crippen molar-refractivity contribution in [2.24, 2.45) is 16.8 Å². The van der Waals surface area contributed by atoms with Crippen LogP contribution in [0.3, 0.4) is 0 Å². The van der Waals surface area contributed by atoms with Gasteiger partial charge in [0.25, 0.3) is 0 Å². The van der Waals surface area contributed by atoms with Gasteiger partial charge in [-0.1, -0.05) is 6.92 Å². The lowest BCUT2D eigenvalue weighted by atomic mass is 10.0. The van der Waals surface area contributed by atoms with Gasteiger partial charge in [-0.15, -0.1) is 24.0 Å². The zero-order chi connectivity index (χ0) is 15.8. The molecule has 2 rings (SSSR count). The minimum atomic E-state index is 0. The number of nitrogens with one attached hydrogen (secondary N) is 1. The number of likely N-dealkylation sites (tertiary alicyclic amines) is 1. The summed E-state index contributed by atoms with van der Waals surface area (Å²) in [5, 5.41) is 3.42. The number of guanidine groups is 1. The lowest BCUT2D eigenvalue weighted by molar-refractivity contribution is 0.181. The standard InChI is InChI=1S/C17H34N4O.HI/c1-4-18-17(20(3)13-16-7-11-22-14-16)19-8-10-21-9-5-6-15(2)12-21;/h15-16H,4-14H2,1-3H3,(H,18,19);1H. The van der Waals surface area contributed by atoms with E-state index in [1.807, 2.05) is 0 Å². The number of aliphatic imine (C=N–C) groups is 1. The number of rotatable bonds is 6. The molecule has 0 aromatic heterocycles. The van der Waals surface area contributed by atoms with E-state index in [1.54, 1.807) is 0 Å². The van der Waals surface area contributed by atoms with Crippen molar-refractivity contribution in [1.82, 2.24) is 15.1 Å². The maximum absolute atomic E-state index is 5.47. The van der Waals surface area contributed by atoms with Crippen molar-refractivity contribution in [1.29, 1.82) is 0 Å². The Kier molecular flexibility index (Phi) is 10.5. The minimum Gasteiger partial charge on any atom is -0.381 e. The van der Waals surface area contributed by atoms with Crippen LogP contribution in [0.5, 0.6) is 0 Å². The van der Waals surface area contributed by atoms with E-state index >= 15 is 0 Å². The van der Waals surface area contributed by atoms with Gasteiger partial charge >= 0.3 is 0 Å². The van der Waals surface area contributed by atoms with Gasteiger partial charge in [-0.3, -0.25) is 4.99 Å². The Hall–Kier alpha value is -0.0800. The maximum Gasteiger partial charge on any atom is 0.193 e. The van der Waals surface area contributed by atoms with E-state index in [9.17, 15) is 0 Å². The summed E-state index contributed by atoms with van der Waals surface area (Å²) < 4.78 is 5.47. The Bertz CT molecular complexity index is 347.